The van der Waals surface area contributed by atoms with Crippen molar-refractivity contribution < 1.29 is 4.74 Å². The van der Waals surface area contributed by atoms with Crippen molar-refractivity contribution in [1.29, 1.82) is 5.26 Å². The van der Waals surface area contributed by atoms with Gasteiger partial charge in [-0.25, -0.2) is 15.0 Å². The molecular weight excluding hydrogens is 324 g/mol. The van der Waals surface area contributed by atoms with E-state index in [9.17, 15) is 5.26 Å². The maximum Gasteiger partial charge on any atom is 0.232 e. The third kappa shape index (κ3) is 3.74. The minimum atomic E-state index is 0.102. The van der Waals surface area contributed by atoms with E-state index in [4.69, 9.17) is 4.74 Å². The molecule has 2 aromatic rings. The maximum absolute atomic E-state index is 9.28. The van der Waals surface area contributed by atoms with Crippen LogP contribution in [0.25, 0.3) is 0 Å². The molecule has 0 radical (unpaired) electrons. The quantitative estimate of drug-likeness (QED) is 0.617. The van der Waals surface area contributed by atoms with Crippen LogP contribution in [0.4, 0.5) is 5.82 Å². The highest BCUT2D eigenvalue weighted by Gasteiger charge is 2.24. The lowest BCUT2D eigenvalue weighted by atomic mass is 10.1. The molecule has 0 spiro atoms. The topological polar surface area (TPSA) is 87.8 Å². The van der Waals surface area contributed by atoms with Crippen molar-refractivity contribution >= 4 is 17.6 Å². The van der Waals surface area contributed by atoms with Crippen LogP contribution in [-0.4, -0.2) is 45.4 Å². The molecule has 8 heteroatoms. The molecule has 1 fully saturated rings. The fourth-order valence-corrected chi connectivity index (χ4v) is 2.96. The van der Waals surface area contributed by atoms with Gasteiger partial charge in [-0.15, -0.1) is 0 Å². The Morgan fingerprint density at radius 1 is 1.25 bits per heavy atom. The summed E-state index contributed by atoms with van der Waals surface area (Å²) in [6.45, 7) is 3.46. The highest BCUT2D eigenvalue weighted by molar-refractivity contribution is 7.98. The number of nitrogens with zero attached hydrogens (tertiary/aromatic N) is 6. The van der Waals surface area contributed by atoms with Gasteiger partial charge < -0.3 is 9.64 Å². The lowest BCUT2D eigenvalue weighted by Crippen LogP contribution is -2.39. The second-order valence-electron chi connectivity index (χ2n) is 5.51. The Hall–Kier alpha value is -2.40. The van der Waals surface area contributed by atoms with Gasteiger partial charge in [-0.2, -0.15) is 5.26 Å². The van der Waals surface area contributed by atoms with Crippen molar-refractivity contribution in [3.63, 3.8) is 0 Å². The molecule has 0 aromatic carbocycles. The molecule has 0 amide bonds. The fraction of sp³-hybridized carbons (Fsp3) is 0.438. The number of nitriles is 1. The largest absolute Gasteiger partial charge is 0.473 e. The first-order chi connectivity index (χ1) is 11.7. The summed E-state index contributed by atoms with van der Waals surface area (Å²) < 4.78 is 5.92. The van der Waals surface area contributed by atoms with Crippen LogP contribution in [0.5, 0.6) is 5.88 Å². The standard InChI is InChI=1S/C16H18N6OS/c1-11-8-18-10-14(20-11)23-13-3-5-22(6-4-13)15-12(7-17)9-19-16(21-15)24-2/h8-10,13H,3-6H2,1-2H3. The Morgan fingerprint density at radius 2 is 2.04 bits per heavy atom. The molecule has 2 aromatic heterocycles. The number of ether oxygens (including phenoxy) is 1. The Kier molecular flexibility index (Phi) is 5.11. The van der Waals surface area contributed by atoms with Crippen molar-refractivity contribution in [3.05, 3.63) is 29.8 Å². The maximum atomic E-state index is 9.28. The number of anilines is 1. The Labute approximate surface area is 145 Å². The summed E-state index contributed by atoms with van der Waals surface area (Å²) in [6.07, 6.45) is 8.66. The van der Waals surface area contributed by atoms with Crippen LogP contribution >= 0.6 is 11.8 Å². The van der Waals surface area contributed by atoms with Gasteiger partial charge in [0.2, 0.25) is 5.88 Å². The van der Waals surface area contributed by atoms with E-state index in [0.717, 1.165) is 31.6 Å². The number of aryl methyl sites for hydroxylation is 1. The van der Waals surface area contributed by atoms with E-state index >= 15 is 0 Å². The minimum Gasteiger partial charge on any atom is -0.473 e. The number of aromatic nitrogens is 4. The third-order valence-electron chi connectivity index (χ3n) is 3.81. The number of hydrogen-bond donors (Lipinski definition) is 0. The fourth-order valence-electron chi connectivity index (χ4n) is 2.63. The lowest BCUT2D eigenvalue weighted by molar-refractivity contribution is 0.162. The van der Waals surface area contributed by atoms with Gasteiger partial charge in [-0.3, -0.25) is 4.98 Å². The summed E-state index contributed by atoms with van der Waals surface area (Å²) >= 11 is 1.47. The molecule has 3 heterocycles. The Morgan fingerprint density at radius 3 is 2.71 bits per heavy atom. The first-order valence-electron chi connectivity index (χ1n) is 7.71. The third-order valence-corrected chi connectivity index (χ3v) is 4.37. The van der Waals surface area contributed by atoms with Gasteiger partial charge in [-0.05, 0) is 13.2 Å². The van der Waals surface area contributed by atoms with Gasteiger partial charge in [0.15, 0.2) is 11.0 Å². The van der Waals surface area contributed by atoms with Crippen LogP contribution < -0.4 is 9.64 Å². The van der Waals surface area contributed by atoms with E-state index < -0.39 is 0 Å². The van der Waals surface area contributed by atoms with E-state index in [1.165, 1.54) is 11.8 Å². The van der Waals surface area contributed by atoms with Crippen molar-refractivity contribution in [2.24, 2.45) is 0 Å². The predicted molar refractivity (Wildman–Crippen MR) is 91.2 cm³/mol. The summed E-state index contributed by atoms with van der Waals surface area (Å²) in [5.41, 5.74) is 1.35. The van der Waals surface area contributed by atoms with E-state index in [1.807, 2.05) is 13.2 Å². The van der Waals surface area contributed by atoms with Crippen LogP contribution in [0.3, 0.4) is 0 Å². The SMILES string of the molecule is CSc1ncc(C#N)c(N2CCC(Oc3cncc(C)n3)CC2)n1. The Bertz CT molecular complexity index is 754. The second-order valence-corrected chi connectivity index (χ2v) is 6.28. The summed E-state index contributed by atoms with van der Waals surface area (Å²) in [4.78, 5) is 19.2. The first-order valence-corrected chi connectivity index (χ1v) is 8.93. The molecule has 0 atom stereocenters. The highest BCUT2D eigenvalue weighted by atomic mass is 32.2. The van der Waals surface area contributed by atoms with Crippen LogP contribution in [0.15, 0.2) is 23.7 Å². The normalized spacial score (nSPS) is 15.1. The van der Waals surface area contributed by atoms with Crippen molar-refractivity contribution in [2.75, 3.05) is 24.2 Å². The van der Waals surface area contributed by atoms with Gasteiger partial charge in [-0.1, -0.05) is 11.8 Å². The molecular formula is C16H18N6OS. The van der Waals surface area contributed by atoms with Crippen LogP contribution in [0, 0.1) is 18.3 Å². The van der Waals surface area contributed by atoms with Crippen molar-refractivity contribution in [3.8, 4) is 11.9 Å². The van der Waals surface area contributed by atoms with Gasteiger partial charge in [0.1, 0.15) is 17.7 Å². The predicted octanol–water partition coefficient (Wildman–Crippen LogP) is 2.22. The van der Waals surface area contributed by atoms with Gasteiger partial charge >= 0.3 is 0 Å². The zero-order valence-electron chi connectivity index (χ0n) is 13.6. The average Bonchev–Trinajstić information content (AvgIpc) is 2.62. The molecule has 0 unspecified atom stereocenters. The summed E-state index contributed by atoms with van der Waals surface area (Å²) in [5, 5.41) is 9.96. The number of piperidine rings is 1. The molecule has 0 bridgehead atoms. The molecule has 124 valence electrons. The smallest absolute Gasteiger partial charge is 0.232 e. The summed E-state index contributed by atoms with van der Waals surface area (Å²) in [7, 11) is 0. The molecule has 0 saturated carbocycles. The van der Waals surface area contributed by atoms with E-state index in [-0.39, 0.29) is 6.10 Å². The second kappa shape index (κ2) is 7.45. The van der Waals surface area contributed by atoms with Gasteiger partial charge in [0, 0.05) is 32.1 Å². The zero-order valence-corrected chi connectivity index (χ0v) is 14.5. The number of thioether (sulfide) groups is 1. The van der Waals surface area contributed by atoms with Crippen LogP contribution in [0.1, 0.15) is 24.1 Å². The zero-order chi connectivity index (χ0) is 16.9. The molecule has 0 aliphatic carbocycles. The Balaban J connectivity index is 1.66. The lowest BCUT2D eigenvalue weighted by Gasteiger charge is -2.33. The van der Waals surface area contributed by atoms with Gasteiger partial charge in [0.05, 0.1) is 18.1 Å². The molecule has 3 rings (SSSR count). The molecule has 1 aliphatic rings. The van der Waals surface area contributed by atoms with E-state index in [1.54, 1.807) is 18.6 Å². The van der Waals surface area contributed by atoms with Crippen LogP contribution in [0.2, 0.25) is 0 Å². The van der Waals surface area contributed by atoms with Crippen LogP contribution in [-0.2, 0) is 0 Å². The minimum absolute atomic E-state index is 0.102. The summed E-state index contributed by atoms with van der Waals surface area (Å²) in [5.74, 6) is 1.28. The molecule has 24 heavy (non-hydrogen) atoms. The number of hydrogen-bond acceptors (Lipinski definition) is 8. The summed E-state index contributed by atoms with van der Waals surface area (Å²) in [6, 6.07) is 2.18. The van der Waals surface area contributed by atoms with Gasteiger partial charge in [0.25, 0.3) is 0 Å². The molecule has 1 saturated heterocycles. The van der Waals surface area contributed by atoms with E-state index in [2.05, 4.69) is 30.9 Å². The molecule has 0 N–H and O–H groups in total. The van der Waals surface area contributed by atoms with Crippen molar-refractivity contribution in [2.45, 2.75) is 31.0 Å². The van der Waals surface area contributed by atoms with Crippen molar-refractivity contribution in [1.82, 2.24) is 19.9 Å². The van der Waals surface area contributed by atoms with E-state index in [0.29, 0.717) is 22.4 Å². The molecule has 1 aliphatic heterocycles. The first kappa shape index (κ1) is 16.5. The molecule has 7 nitrogen and oxygen atoms in total. The average molecular weight is 342 g/mol. The number of rotatable bonds is 4. The monoisotopic (exact) mass is 342 g/mol. The highest BCUT2D eigenvalue weighted by Crippen LogP contribution is 2.25.